The van der Waals surface area contributed by atoms with Crippen molar-refractivity contribution in [3.05, 3.63) is 51.9 Å². The lowest BCUT2D eigenvalue weighted by atomic mass is 9.98. The van der Waals surface area contributed by atoms with E-state index in [0.717, 1.165) is 6.92 Å². The quantitative estimate of drug-likeness (QED) is 0.295. The van der Waals surface area contributed by atoms with Gasteiger partial charge in [0.1, 0.15) is 5.75 Å². The van der Waals surface area contributed by atoms with Gasteiger partial charge < -0.3 is 14.3 Å². The number of unbranched alkanes of at least 4 members (excludes halogenated alkanes) is 1. The first-order valence-electron chi connectivity index (χ1n) is 12.2. The number of rotatable bonds is 9. The maximum atomic E-state index is 12.6. The molecular weight excluding hydrogens is 326 g/mol. The number of hydrogen-bond donors (Lipinski definition) is 0. The van der Waals surface area contributed by atoms with E-state index < -0.39 is 82.3 Å². The fraction of sp³-hybridized carbons (Fsp3) is 0.389. The van der Waals surface area contributed by atoms with Gasteiger partial charge in [-0.15, -0.1) is 10.1 Å². The molecule has 0 aromatic heterocycles. The largest absolute Gasteiger partial charge is 0.497 e. The SMILES string of the molecule is [2H]c1c([C@@]([2H])(C)C(=O)OCCCCO[N+](=O)[O-])c([2H])c2c([2H])c([2H])c(OC([2H])([2H])[2H])c([2H])c2c1[2H]. The van der Waals surface area contributed by atoms with Gasteiger partial charge in [-0.2, -0.15) is 0 Å². The minimum Gasteiger partial charge on any atom is -0.497 e. The third-order valence-corrected chi connectivity index (χ3v) is 3.10. The third kappa shape index (κ3) is 5.34. The molecule has 2 aromatic rings. The first-order chi connectivity index (χ1) is 16.0. The Morgan fingerprint density at radius 2 is 2.00 bits per heavy atom. The molecule has 0 aliphatic carbocycles. The molecule has 0 saturated carbocycles. The Morgan fingerprint density at radius 3 is 2.76 bits per heavy atom. The van der Waals surface area contributed by atoms with Crippen LogP contribution in [-0.2, 0) is 14.4 Å². The van der Waals surface area contributed by atoms with E-state index in [1.54, 1.807) is 0 Å². The summed E-state index contributed by atoms with van der Waals surface area (Å²) in [5, 5.41) is 8.15. The number of ether oxygens (including phenoxy) is 2. The minimum atomic E-state index is -3.07. The zero-order chi connectivity index (χ0) is 26.9. The topological polar surface area (TPSA) is 87.9 Å². The van der Waals surface area contributed by atoms with Crippen molar-refractivity contribution in [3.8, 4) is 5.75 Å². The van der Waals surface area contributed by atoms with E-state index in [9.17, 15) is 14.9 Å². The summed E-state index contributed by atoms with van der Waals surface area (Å²) in [5.41, 5.74) is -0.603. The van der Waals surface area contributed by atoms with Gasteiger partial charge in [0.25, 0.3) is 5.09 Å². The Labute approximate surface area is 159 Å². The molecule has 7 heteroatoms. The number of carbonyl (C=O) groups excluding carboxylic acids is 1. The van der Waals surface area contributed by atoms with Crippen LogP contribution in [-0.4, -0.2) is 31.3 Å². The summed E-state index contributed by atoms with van der Waals surface area (Å²) in [5.74, 6) is -4.42. The minimum absolute atomic E-state index is 0.159. The summed E-state index contributed by atoms with van der Waals surface area (Å²) in [6.45, 7) is 0.540. The standard InChI is InChI=1S/C18H21NO6/c1-13(18(20)24-9-3-4-10-25-19(21)22)14-5-6-16-12-17(23-2)8-7-15(16)11-14/h5-8,11-13H,3-4,9-10H2,1-2H3/t13-/m1/s1/i2D3,5D,6D,7D,8D,11D,12D,13D. The highest BCUT2D eigenvalue weighted by molar-refractivity contribution is 5.86. The number of fused-ring (bicyclic) bond motifs is 1. The lowest BCUT2D eigenvalue weighted by molar-refractivity contribution is -0.757. The molecular formula is C18H21NO6. The highest BCUT2D eigenvalue weighted by Crippen LogP contribution is 2.25. The number of benzene rings is 2. The van der Waals surface area contributed by atoms with Gasteiger partial charge in [-0.05, 0) is 48.2 Å². The number of nitrogens with zero attached hydrogens (tertiary/aromatic N) is 1. The molecule has 0 aliphatic rings. The summed E-state index contributed by atoms with van der Waals surface area (Å²) in [7, 11) is -3.07. The van der Waals surface area contributed by atoms with Crippen LogP contribution in [0.1, 0.15) is 44.9 Å². The van der Waals surface area contributed by atoms with Gasteiger partial charge in [0.15, 0.2) is 0 Å². The monoisotopic (exact) mass is 357 g/mol. The molecule has 0 heterocycles. The average Bonchev–Trinajstić information content (AvgIpc) is 2.73. The summed E-state index contributed by atoms with van der Waals surface area (Å²) >= 11 is 0. The van der Waals surface area contributed by atoms with Crippen LogP contribution >= 0.6 is 0 Å². The molecule has 25 heavy (non-hydrogen) atoms. The zero-order valence-corrected chi connectivity index (χ0v) is 13.2. The predicted molar refractivity (Wildman–Crippen MR) is 92.1 cm³/mol. The Kier molecular flexibility index (Phi) is 3.20. The normalized spacial score (nSPS) is 19.2. The highest BCUT2D eigenvalue weighted by Gasteiger charge is 2.17. The molecule has 0 fully saturated rings. The van der Waals surface area contributed by atoms with E-state index in [0.29, 0.717) is 0 Å². The predicted octanol–water partition coefficient (Wildman–Crippen LogP) is 3.48. The molecule has 7 nitrogen and oxygen atoms in total. The third-order valence-electron chi connectivity index (χ3n) is 3.10. The lowest BCUT2D eigenvalue weighted by Crippen LogP contribution is -2.14. The Hall–Kier alpha value is -2.83. The summed E-state index contributed by atoms with van der Waals surface area (Å²) < 4.78 is 89.3. The smallest absolute Gasteiger partial charge is 0.313 e. The first kappa shape index (κ1) is 9.03. The van der Waals surface area contributed by atoms with E-state index in [4.69, 9.17) is 18.4 Å². The number of carbonyl (C=O) groups is 1. The number of esters is 1. The lowest BCUT2D eigenvalue weighted by Gasteiger charge is -2.13. The van der Waals surface area contributed by atoms with Gasteiger partial charge in [0.05, 0.1) is 38.5 Å². The van der Waals surface area contributed by atoms with Crippen LogP contribution in [0, 0.1) is 10.1 Å². The average molecular weight is 357 g/mol. The van der Waals surface area contributed by atoms with Crippen molar-refractivity contribution in [2.24, 2.45) is 0 Å². The molecule has 0 amide bonds. The van der Waals surface area contributed by atoms with E-state index in [-0.39, 0.29) is 26.1 Å². The van der Waals surface area contributed by atoms with E-state index >= 15 is 0 Å². The molecule has 0 unspecified atom stereocenters. The molecule has 1 atom stereocenters. The van der Waals surface area contributed by atoms with Gasteiger partial charge in [0.2, 0.25) is 0 Å². The maximum absolute atomic E-state index is 12.6. The van der Waals surface area contributed by atoms with Crippen LogP contribution in [0.5, 0.6) is 5.75 Å². The van der Waals surface area contributed by atoms with Crippen molar-refractivity contribution < 1.29 is 37.9 Å². The van der Waals surface area contributed by atoms with Crippen molar-refractivity contribution >= 4 is 16.7 Å². The van der Waals surface area contributed by atoms with Crippen LogP contribution in [0.2, 0.25) is 0 Å². The van der Waals surface area contributed by atoms with Crippen molar-refractivity contribution in [3.63, 3.8) is 0 Å². The molecule has 0 aliphatic heterocycles. The fourth-order valence-corrected chi connectivity index (χ4v) is 1.81. The van der Waals surface area contributed by atoms with Gasteiger partial charge in [-0.3, -0.25) is 4.79 Å². The van der Waals surface area contributed by atoms with E-state index in [2.05, 4.69) is 9.57 Å². The summed E-state index contributed by atoms with van der Waals surface area (Å²) in [6, 6.07) is -4.69. The van der Waals surface area contributed by atoms with Crippen LogP contribution in [0.25, 0.3) is 10.8 Å². The van der Waals surface area contributed by atoms with Crippen LogP contribution in [0.3, 0.4) is 0 Å². The molecule has 2 aromatic carbocycles. The second-order valence-electron chi connectivity index (χ2n) is 4.83. The molecule has 134 valence electrons. The van der Waals surface area contributed by atoms with Crippen LogP contribution < -0.4 is 4.74 Å². The molecule has 0 saturated heterocycles. The van der Waals surface area contributed by atoms with Gasteiger partial charge >= 0.3 is 5.97 Å². The van der Waals surface area contributed by atoms with Crippen molar-refractivity contribution in [2.75, 3.05) is 20.3 Å². The van der Waals surface area contributed by atoms with Gasteiger partial charge in [-0.25, -0.2) is 0 Å². The molecule has 2 rings (SSSR count). The molecule has 0 spiro atoms. The molecule has 0 radical (unpaired) electrons. The van der Waals surface area contributed by atoms with Crippen molar-refractivity contribution in [2.45, 2.75) is 25.7 Å². The molecule has 0 N–H and O–H groups in total. The second kappa shape index (κ2) is 8.86. The first-order valence-corrected chi connectivity index (χ1v) is 7.19. The fourth-order valence-electron chi connectivity index (χ4n) is 1.81. The van der Waals surface area contributed by atoms with Crippen LogP contribution in [0.15, 0.2) is 36.3 Å². The second-order valence-corrected chi connectivity index (χ2v) is 4.83. The van der Waals surface area contributed by atoms with Crippen LogP contribution in [0.4, 0.5) is 0 Å². The van der Waals surface area contributed by atoms with Crippen molar-refractivity contribution in [1.29, 1.82) is 0 Å². The number of methoxy groups -OCH3 is 1. The summed E-state index contributed by atoms with van der Waals surface area (Å²) in [4.78, 5) is 26.8. The highest BCUT2D eigenvalue weighted by atomic mass is 16.9. The Balaban J connectivity index is 2.52. The Morgan fingerprint density at radius 1 is 1.28 bits per heavy atom. The zero-order valence-electron chi connectivity index (χ0n) is 23.2. The van der Waals surface area contributed by atoms with Gasteiger partial charge in [0, 0.05) is 1.37 Å². The maximum Gasteiger partial charge on any atom is 0.313 e. The Bertz CT molecular complexity index is 1170. The van der Waals surface area contributed by atoms with Gasteiger partial charge in [-0.1, -0.05) is 24.2 Å². The van der Waals surface area contributed by atoms with E-state index in [1.807, 2.05) is 0 Å². The molecule has 0 bridgehead atoms. The summed E-state index contributed by atoms with van der Waals surface area (Å²) in [6.07, 6.45) is 0.330. The van der Waals surface area contributed by atoms with Crippen molar-refractivity contribution in [1.82, 2.24) is 0 Å². The number of hydrogen-bond acceptors (Lipinski definition) is 6. The van der Waals surface area contributed by atoms with E-state index in [1.165, 1.54) is 0 Å².